The summed E-state index contributed by atoms with van der Waals surface area (Å²) in [6.07, 6.45) is -0.384. The highest BCUT2D eigenvalue weighted by Gasteiger charge is 2.29. The molecular formula is C25H26ClFN4O3. The van der Waals surface area contributed by atoms with Gasteiger partial charge in [-0.25, -0.2) is 13.9 Å². The van der Waals surface area contributed by atoms with Gasteiger partial charge in [-0.1, -0.05) is 23.7 Å². The molecule has 1 aromatic heterocycles. The Bertz CT molecular complexity index is 1120. The monoisotopic (exact) mass is 484 g/mol. The van der Waals surface area contributed by atoms with E-state index in [1.54, 1.807) is 44.8 Å². The Kier molecular flexibility index (Phi) is 6.61. The van der Waals surface area contributed by atoms with E-state index >= 15 is 0 Å². The molecule has 3 aromatic rings. The van der Waals surface area contributed by atoms with Gasteiger partial charge in [-0.05, 0) is 63.2 Å². The second-order valence-electron chi connectivity index (χ2n) is 9.07. The van der Waals surface area contributed by atoms with E-state index in [1.165, 1.54) is 12.1 Å². The van der Waals surface area contributed by atoms with E-state index in [0.717, 1.165) is 5.56 Å². The molecule has 0 N–H and O–H groups in total. The van der Waals surface area contributed by atoms with Crippen molar-refractivity contribution < 1.29 is 18.7 Å². The van der Waals surface area contributed by atoms with Crippen molar-refractivity contribution in [2.45, 2.75) is 26.4 Å². The van der Waals surface area contributed by atoms with Crippen molar-refractivity contribution in [1.29, 1.82) is 0 Å². The largest absolute Gasteiger partial charge is 0.444 e. The van der Waals surface area contributed by atoms with Crippen LogP contribution in [0.3, 0.4) is 0 Å². The van der Waals surface area contributed by atoms with Crippen molar-refractivity contribution in [3.63, 3.8) is 0 Å². The Morgan fingerprint density at radius 3 is 2.12 bits per heavy atom. The van der Waals surface area contributed by atoms with Gasteiger partial charge in [-0.2, -0.15) is 5.10 Å². The number of rotatable bonds is 3. The van der Waals surface area contributed by atoms with Crippen LogP contribution in [-0.2, 0) is 4.74 Å². The highest BCUT2D eigenvalue weighted by molar-refractivity contribution is 6.30. The van der Waals surface area contributed by atoms with Gasteiger partial charge in [0.15, 0.2) is 5.69 Å². The Balaban J connectivity index is 1.57. The first kappa shape index (κ1) is 23.8. The molecule has 2 heterocycles. The molecule has 2 amide bonds. The van der Waals surface area contributed by atoms with Gasteiger partial charge in [0.25, 0.3) is 5.91 Å². The molecule has 1 aliphatic rings. The SMILES string of the molecule is CC(C)(C)OC(=O)N1CCN(C(=O)c2cc(-c3ccc(Cl)cc3)n(-c3ccc(F)cc3)n2)CC1. The van der Waals surface area contributed by atoms with E-state index in [1.807, 2.05) is 32.9 Å². The smallest absolute Gasteiger partial charge is 0.410 e. The number of hydrogen-bond acceptors (Lipinski definition) is 4. The van der Waals surface area contributed by atoms with Gasteiger partial charge >= 0.3 is 6.09 Å². The average Bonchev–Trinajstić information content (AvgIpc) is 3.24. The predicted molar refractivity (Wildman–Crippen MR) is 128 cm³/mol. The van der Waals surface area contributed by atoms with Gasteiger partial charge in [-0.15, -0.1) is 0 Å². The molecule has 0 radical (unpaired) electrons. The number of piperazine rings is 1. The summed E-state index contributed by atoms with van der Waals surface area (Å²) in [6.45, 7) is 6.96. The van der Waals surface area contributed by atoms with Crippen LogP contribution in [0, 0.1) is 5.82 Å². The summed E-state index contributed by atoms with van der Waals surface area (Å²) < 4.78 is 20.5. The summed E-state index contributed by atoms with van der Waals surface area (Å²) in [4.78, 5) is 28.9. The third-order valence-electron chi connectivity index (χ3n) is 5.36. The second-order valence-corrected chi connectivity index (χ2v) is 9.51. The van der Waals surface area contributed by atoms with Crippen LogP contribution in [0.15, 0.2) is 54.6 Å². The number of ether oxygens (including phenoxy) is 1. The van der Waals surface area contributed by atoms with Gasteiger partial charge in [0.1, 0.15) is 11.4 Å². The summed E-state index contributed by atoms with van der Waals surface area (Å²) >= 11 is 6.04. The van der Waals surface area contributed by atoms with Crippen LogP contribution < -0.4 is 0 Å². The first-order chi connectivity index (χ1) is 16.1. The van der Waals surface area contributed by atoms with E-state index in [4.69, 9.17) is 16.3 Å². The Morgan fingerprint density at radius 2 is 1.53 bits per heavy atom. The zero-order chi connectivity index (χ0) is 24.5. The van der Waals surface area contributed by atoms with Crippen molar-refractivity contribution in [2.75, 3.05) is 26.2 Å². The fourth-order valence-electron chi connectivity index (χ4n) is 3.67. The number of aromatic nitrogens is 2. The molecular weight excluding hydrogens is 459 g/mol. The molecule has 0 unspecified atom stereocenters. The molecule has 0 bridgehead atoms. The molecule has 1 aliphatic heterocycles. The maximum atomic E-state index is 13.5. The number of nitrogens with zero attached hydrogens (tertiary/aromatic N) is 4. The predicted octanol–water partition coefficient (Wildman–Crippen LogP) is 5.02. The van der Waals surface area contributed by atoms with Crippen molar-refractivity contribution in [2.24, 2.45) is 0 Å². The molecule has 9 heteroatoms. The van der Waals surface area contributed by atoms with E-state index in [2.05, 4.69) is 5.10 Å². The summed E-state index contributed by atoms with van der Waals surface area (Å²) in [7, 11) is 0. The van der Waals surface area contributed by atoms with Gasteiger partial charge in [-0.3, -0.25) is 4.79 Å². The Hall–Kier alpha value is -3.39. The van der Waals surface area contributed by atoms with Crippen LogP contribution in [0.2, 0.25) is 5.02 Å². The number of amides is 2. The average molecular weight is 485 g/mol. The van der Waals surface area contributed by atoms with E-state index in [0.29, 0.717) is 42.6 Å². The number of halogens is 2. The van der Waals surface area contributed by atoms with Crippen LogP contribution in [0.4, 0.5) is 9.18 Å². The molecule has 1 saturated heterocycles. The van der Waals surface area contributed by atoms with Gasteiger partial charge in [0, 0.05) is 36.8 Å². The van der Waals surface area contributed by atoms with Crippen molar-refractivity contribution in [3.05, 3.63) is 71.1 Å². The lowest BCUT2D eigenvalue weighted by atomic mass is 10.1. The Morgan fingerprint density at radius 1 is 0.941 bits per heavy atom. The molecule has 178 valence electrons. The van der Waals surface area contributed by atoms with Crippen molar-refractivity contribution in [3.8, 4) is 16.9 Å². The van der Waals surface area contributed by atoms with E-state index < -0.39 is 5.60 Å². The summed E-state index contributed by atoms with van der Waals surface area (Å²) in [6, 6.07) is 14.8. The minimum absolute atomic E-state index is 0.236. The zero-order valence-corrected chi connectivity index (χ0v) is 20.1. The molecule has 0 aliphatic carbocycles. The van der Waals surface area contributed by atoms with Crippen molar-refractivity contribution >= 4 is 23.6 Å². The zero-order valence-electron chi connectivity index (χ0n) is 19.3. The number of hydrogen-bond donors (Lipinski definition) is 0. The maximum absolute atomic E-state index is 13.5. The fourth-order valence-corrected chi connectivity index (χ4v) is 3.80. The summed E-state index contributed by atoms with van der Waals surface area (Å²) in [5.41, 5.74) is 1.81. The van der Waals surface area contributed by atoms with Crippen LogP contribution in [-0.4, -0.2) is 63.4 Å². The number of benzene rings is 2. The van der Waals surface area contributed by atoms with Gasteiger partial charge in [0.05, 0.1) is 11.4 Å². The highest BCUT2D eigenvalue weighted by atomic mass is 35.5. The molecule has 0 spiro atoms. The van der Waals surface area contributed by atoms with Crippen LogP contribution in [0.1, 0.15) is 31.3 Å². The third kappa shape index (κ3) is 5.39. The number of carbonyl (C=O) groups excluding carboxylic acids is 2. The third-order valence-corrected chi connectivity index (χ3v) is 5.61. The minimum atomic E-state index is -0.574. The molecule has 0 saturated carbocycles. The van der Waals surface area contributed by atoms with E-state index in [9.17, 15) is 14.0 Å². The van der Waals surface area contributed by atoms with E-state index in [-0.39, 0.29) is 23.5 Å². The number of carbonyl (C=O) groups is 2. The lowest BCUT2D eigenvalue weighted by Gasteiger charge is -2.35. The molecule has 0 atom stereocenters. The summed E-state index contributed by atoms with van der Waals surface area (Å²) in [5.74, 6) is -0.594. The minimum Gasteiger partial charge on any atom is -0.444 e. The van der Waals surface area contributed by atoms with Crippen molar-refractivity contribution in [1.82, 2.24) is 19.6 Å². The molecule has 34 heavy (non-hydrogen) atoms. The molecule has 4 rings (SSSR count). The lowest BCUT2D eigenvalue weighted by Crippen LogP contribution is -2.51. The fraction of sp³-hybridized carbons (Fsp3) is 0.320. The second kappa shape index (κ2) is 9.46. The van der Waals surface area contributed by atoms with Gasteiger partial charge in [0.2, 0.25) is 0 Å². The van der Waals surface area contributed by atoms with Crippen LogP contribution in [0.5, 0.6) is 0 Å². The molecule has 7 nitrogen and oxygen atoms in total. The molecule has 2 aromatic carbocycles. The lowest BCUT2D eigenvalue weighted by molar-refractivity contribution is 0.0140. The summed E-state index contributed by atoms with van der Waals surface area (Å²) in [5, 5.41) is 5.14. The normalized spacial score (nSPS) is 14.3. The quantitative estimate of drug-likeness (QED) is 0.523. The maximum Gasteiger partial charge on any atom is 0.410 e. The standard InChI is InChI=1S/C25H26ClFN4O3/c1-25(2,3)34-24(33)30-14-12-29(13-15-30)23(32)21-16-22(17-4-6-18(26)7-5-17)31(28-21)20-10-8-19(27)9-11-20/h4-11,16H,12-15H2,1-3H3. The first-order valence-corrected chi connectivity index (χ1v) is 11.4. The van der Waals surface area contributed by atoms with Gasteiger partial charge < -0.3 is 14.5 Å². The highest BCUT2D eigenvalue weighted by Crippen LogP contribution is 2.26. The van der Waals surface area contributed by atoms with Crippen LogP contribution >= 0.6 is 11.6 Å². The molecule has 1 fully saturated rings. The Labute approximate surface area is 202 Å². The topological polar surface area (TPSA) is 67.7 Å². The van der Waals surface area contributed by atoms with Crippen LogP contribution in [0.25, 0.3) is 16.9 Å². The first-order valence-electron chi connectivity index (χ1n) is 11.0.